The first kappa shape index (κ1) is 23.6. The normalized spacial score (nSPS) is 18.6. The van der Waals surface area contributed by atoms with E-state index in [-0.39, 0.29) is 11.8 Å². The van der Waals surface area contributed by atoms with Crippen molar-refractivity contribution in [3.8, 4) is 5.75 Å². The Morgan fingerprint density at radius 2 is 1.65 bits per heavy atom. The van der Waals surface area contributed by atoms with Gasteiger partial charge in [0.25, 0.3) is 5.69 Å². The first-order valence-electron chi connectivity index (χ1n) is 9.54. The Labute approximate surface area is 179 Å². The maximum Gasteiger partial charge on any atom is 0.328 e. The Hall–Kier alpha value is -3.72. The molecule has 9 heteroatoms. The van der Waals surface area contributed by atoms with E-state index in [4.69, 9.17) is 14.9 Å². The number of nitrogens with zero attached hydrogens (tertiary/aromatic N) is 2. The van der Waals surface area contributed by atoms with E-state index in [0.717, 1.165) is 19.5 Å². The van der Waals surface area contributed by atoms with E-state index in [0.29, 0.717) is 23.8 Å². The lowest BCUT2D eigenvalue weighted by Gasteiger charge is -2.37. The maximum absolute atomic E-state index is 10.7. The fourth-order valence-electron chi connectivity index (χ4n) is 3.22. The molecule has 1 aliphatic heterocycles. The molecule has 0 saturated carbocycles. The number of rotatable bonds is 6. The van der Waals surface area contributed by atoms with Crippen molar-refractivity contribution < 1.29 is 29.5 Å². The zero-order valence-corrected chi connectivity index (χ0v) is 17.0. The summed E-state index contributed by atoms with van der Waals surface area (Å²) in [6, 6.07) is 16.7. The third-order valence-electron chi connectivity index (χ3n) is 4.68. The number of piperidine rings is 1. The number of hydrogen-bond donors (Lipinski definition) is 2. The quantitative estimate of drug-likeness (QED) is 0.408. The predicted octanol–water partition coefficient (Wildman–Crippen LogP) is 3.17. The number of ether oxygens (including phenoxy) is 1. The van der Waals surface area contributed by atoms with Gasteiger partial charge in [-0.25, -0.2) is 9.59 Å². The smallest absolute Gasteiger partial charge is 0.328 e. The van der Waals surface area contributed by atoms with Crippen LogP contribution >= 0.6 is 0 Å². The number of likely N-dealkylation sites (N-methyl/N-ethyl adjacent to an activating group) is 1. The van der Waals surface area contributed by atoms with Gasteiger partial charge in [0.15, 0.2) is 0 Å². The third-order valence-corrected chi connectivity index (χ3v) is 4.68. The molecule has 9 nitrogen and oxygen atoms in total. The van der Waals surface area contributed by atoms with Gasteiger partial charge in [0.05, 0.1) is 4.92 Å². The molecule has 31 heavy (non-hydrogen) atoms. The fourth-order valence-corrected chi connectivity index (χ4v) is 3.22. The molecule has 0 aliphatic carbocycles. The zero-order valence-electron chi connectivity index (χ0n) is 17.0. The molecular formula is C22H24N2O7. The molecule has 2 atom stereocenters. The van der Waals surface area contributed by atoms with E-state index in [1.165, 1.54) is 17.7 Å². The van der Waals surface area contributed by atoms with Crippen LogP contribution in [0.5, 0.6) is 5.75 Å². The van der Waals surface area contributed by atoms with Crippen LogP contribution in [0.15, 0.2) is 66.7 Å². The second-order valence-electron chi connectivity index (χ2n) is 6.99. The van der Waals surface area contributed by atoms with Crippen molar-refractivity contribution >= 4 is 17.6 Å². The lowest BCUT2D eigenvalue weighted by atomic mass is 9.88. The minimum absolute atomic E-state index is 0.0788. The maximum atomic E-state index is 10.7. The summed E-state index contributed by atoms with van der Waals surface area (Å²) in [6.07, 6.45) is 2.13. The van der Waals surface area contributed by atoms with Crippen molar-refractivity contribution in [1.82, 2.24) is 4.90 Å². The van der Waals surface area contributed by atoms with Crippen molar-refractivity contribution in [3.63, 3.8) is 0 Å². The molecule has 1 heterocycles. The zero-order chi connectivity index (χ0) is 22.8. The van der Waals surface area contributed by atoms with Gasteiger partial charge in [0.2, 0.25) is 0 Å². The molecule has 0 spiro atoms. The summed E-state index contributed by atoms with van der Waals surface area (Å²) < 4.78 is 6.16. The van der Waals surface area contributed by atoms with Gasteiger partial charge in [0.1, 0.15) is 11.9 Å². The average Bonchev–Trinajstić information content (AvgIpc) is 2.75. The minimum atomic E-state index is -1.26. The number of likely N-dealkylation sites (tertiary alicyclic amines) is 1. The number of non-ortho nitro benzene ring substituents is 1. The first-order valence-corrected chi connectivity index (χ1v) is 9.54. The molecule has 0 bridgehead atoms. The van der Waals surface area contributed by atoms with Gasteiger partial charge < -0.3 is 19.8 Å². The van der Waals surface area contributed by atoms with Crippen molar-refractivity contribution in [3.05, 3.63) is 82.4 Å². The molecule has 0 radical (unpaired) electrons. The molecule has 2 aromatic rings. The number of carbonyl (C=O) groups is 2. The summed E-state index contributed by atoms with van der Waals surface area (Å²) in [5, 5.41) is 26.4. The lowest BCUT2D eigenvalue weighted by Crippen LogP contribution is -2.42. The first-order chi connectivity index (χ1) is 14.8. The number of benzene rings is 2. The largest absolute Gasteiger partial charge is 0.490 e. The third kappa shape index (κ3) is 7.90. The van der Waals surface area contributed by atoms with Gasteiger partial charge in [-0.3, -0.25) is 10.1 Å². The summed E-state index contributed by atoms with van der Waals surface area (Å²) in [5.41, 5.74) is 1.35. The Bertz CT molecular complexity index is 897. The van der Waals surface area contributed by atoms with Crippen LogP contribution in [0.3, 0.4) is 0 Å². The number of aliphatic carboxylic acids is 2. The van der Waals surface area contributed by atoms with E-state index in [1.54, 1.807) is 12.1 Å². The van der Waals surface area contributed by atoms with E-state index in [1.807, 2.05) is 18.2 Å². The van der Waals surface area contributed by atoms with Crippen molar-refractivity contribution in [1.29, 1.82) is 0 Å². The highest BCUT2D eigenvalue weighted by Gasteiger charge is 2.30. The lowest BCUT2D eigenvalue weighted by molar-refractivity contribution is -0.384. The molecule has 2 N–H and O–H groups in total. The summed E-state index contributed by atoms with van der Waals surface area (Å²) in [5.74, 6) is -1.53. The van der Waals surface area contributed by atoms with Crippen LogP contribution in [-0.2, 0) is 9.59 Å². The standard InChI is InChI=1S/C18H20N2O3.C4H4O4/c1-19-12-11-18(17(13-19)14-5-3-2-4-6-14)23-16-9-7-15(8-10-16)20(21)22;5-3(6)1-2-4(7)8/h2-10,17-18H,11-13H2,1H3;1-2H,(H,5,6)(H,7,8)/b;2-1-/t17-,18-;/m1./s1. The van der Waals surface area contributed by atoms with Crippen molar-refractivity contribution in [2.45, 2.75) is 18.4 Å². The van der Waals surface area contributed by atoms with Crippen LogP contribution in [0.2, 0.25) is 0 Å². The van der Waals surface area contributed by atoms with Gasteiger partial charge in [0, 0.05) is 43.3 Å². The fraction of sp³-hybridized carbons (Fsp3) is 0.273. The highest BCUT2D eigenvalue weighted by molar-refractivity contribution is 5.89. The summed E-state index contributed by atoms with van der Waals surface area (Å²) in [6.45, 7) is 1.93. The molecular weight excluding hydrogens is 404 g/mol. The Morgan fingerprint density at radius 1 is 1.06 bits per heavy atom. The van der Waals surface area contributed by atoms with E-state index < -0.39 is 16.9 Å². The Balaban J connectivity index is 0.000000366. The average molecular weight is 428 g/mol. The van der Waals surface area contributed by atoms with Gasteiger partial charge >= 0.3 is 11.9 Å². The van der Waals surface area contributed by atoms with Crippen LogP contribution in [0.4, 0.5) is 5.69 Å². The van der Waals surface area contributed by atoms with Gasteiger partial charge in [-0.1, -0.05) is 30.3 Å². The molecule has 3 rings (SSSR count). The van der Waals surface area contributed by atoms with E-state index in [9.17, 15) is 19.7 Å². The van der Waals surface area contributed by atoms with E-state index in [2.05, 4.69) is 24.1 Å². The van der Waals surface area contributed by atoms with Crippen LogP contribution in [-0.4, -0.2) is 58.2 Å². The number of nitro groups is 1. The molecule has 1 saturated heterocycles. The summed E-state index contributed by atoms with van der Waals surface area (Å²) in [7, 11) is 2.12. The molecule has 1 aliphatic rings. The second-order valence-corrected chi connectivity index (χ2v) is 6.99. The van der Waals surface area contributed by atoms with E-state index >= 15 is 0 Å². The van der Waals surface area contributed by atoms with Gasteiger partial charge in [-0.2, -0.15) is 0 Å². The van der Waals surface area contributed by atoms with Crippen LogP contribution in [0.25, 0.3) is 0 Å². The Morgan fingerprint density at radius 3 is 2.16 bits per heavy atom. The molecule has 2 aromatic carbocycles. The Kier molecular flexibility index (Phi) is 8.71. The van der Waals surface area contributed by atoms with Crippen LogP contribution < -0.4 is 4.74 Å². The highest BCUT2D eigenvalue weighted by Crippen LogP contribution is 2.30. The summed E-state index contributed by atoms with van der Waals surface area (Å²) >= 11 is 0. The molecule has 0 amide bonds. The molecule has 1 fully saturated rings. The SMILES string of the molecule is CN1CC[C@@H](Oc2ccc([N+](=O)[O-])cc2)[C@@H](c2ccccc2)C1.O=C(O)/C=C\C(=O)O. The number of nitro benzene ring substituents is 1. The molecule has 0 aromatic heterocycles. The topological polar surface area (TPSA) is 130 Å². The van der Waals surface area contributed by atoms with Gasteiger partial charge in [-0.15, -0.1) is 0 Å². The number of hydrogen-bond acceptors (Lipinski definition) is 6. The van der Waals surface area contributed by atoms with Crippen LogP contribution in [0.1, 0.15) is 17.9 Å². The van der Waals surface area contributed by atoms with Crippen molar-refractivity contribution in [2.24, 2.45) is 0 Å². The molecule has 164 valence electrons. The number of carboxylic acids is 2. The number of carboxylic acid groups (broad SMARTS) is 2. The molecule has 0 unspecified atom stereocenters. The monoisotopic (exact) mass is 428 g/mol. The minimum Gasteiger partial charge on any atom is -0.490 e. The highest BCUT2D eigenvalue weighted by atomic mass is 16.6. The van der Waals surface area contributed by atoms with Crippen molar-refractivity contribution in [2.75, 3.05) is 20.1 Å². The predicted molar refractivity (Wildman–Crippen MR) is 113 cm³/mol. The van der Waals surface area contributed by atoms with Gasteiger partial charge in [-0.05, 0) is 31.2 Å². The van der Waals surface area contributed by atoms with Crippen LogP contribution in [0, 0.1) is 10.1 Å². The second kappa shape index (κ2) is 11.5. The summed E-state index contributed by atoms with van der Waals surface area (Å²) in [4.78, 5) is 31.8.